The van der Waals surface area contributed by atoms with Crippen molar-refractivity contribution in [1.29, 1.82) is 0 Å². The largest absolute Gasteiger partial charge is 0.363 e. The monoisotopic (exact) mass is 139 g/mol. The Morgan fingerprint density at radius 2 is 2.20 bits per heavy atom. The topological polar surface area (TPSA) is 37.4 Å². The van der Waals surface area contributed by atoms with Crippen LogP contribution in [0, 0.1) is 0 Å². The first-order valence-corrected chi connectivity index (χ1v) is 3.13. The summed E-state index contributed by atoms with van der Waals surface area (Å²) < 4.78 is 0. The zero-order chi connectivity index (χ0) is 7.56. The minimum Gasteiger partial charge on any atom is -0.363 e. The Morgan fingerprint density at radius 1 is 1.60 bits per heavy atom. The molecular formula is C7H9NO2. The van der Waals surface area contributed by atoms with Gasteiger partial charge in [0.1, 0.15) is 0 Å². The van der Waals surface area contributed by atoms with Crippen LogP contribution in [0.1, 0.15) is 6.92 Å². The lowest BCUT2D eigenvalue weighted by Gasteiger charge is -2.27. The molecule has 10 heavy (non-hydrogen) atoms. The first kappa shape index (κ1) is 6.99. The molecule has 0 aromatic rings. The van der Waals surface area contributed by atoms with Crippen LogP contribution < -0.4 is 0 Å². The highest BCUT2D eigenvalue weighted by Gasteiger charge is 2.19. The second-order valence-electron chi connectivity index (χ2n) is 2.37. The first-order chi connectivity index (χ1) is 4.68. The molecule has 1 rings (SSSR count). The van der Waals surface area contributed by atoms with Gasteiger partial charge in [-0.1, -0.05) is 0 Å². The summed E-state index contributed by atoms with van der Waals surface area (Å²) in [6, 6.07) is 0. The number of carbonyl (C=O) groups is 2. The maximum Gasteiger partial charge on any atom is 0.171 e. The molecule has 1 fully saturated rings. The van der Waals surface area contributed by atoms with Crippen molar-refractivity contribution in [1.82, 2.24) is 4.90 Å². The van der Waals surface area contributed by atoms with E-state index in [1.165, 1.54) is 13.0 Å². The average molecular weight is 139 g/mol. The van der Waals surface area contributed by atoms with E-state index >= 15 is 0 Å². The smallest absolute Gasteiger partial charge is 0.171 e. The third kappa shape index (κ3) is 1.69. The number of rotatable bonds is 2. The lowest BCUT2D eigenvalue weighted by atomic mass is 10.2. The Morgan fingerprint density at radius 3 is 2.60 bits per heavy atom. The van der Waals surface area contributed by atoms with Gasteiger partial charge in [-0.2, -0.15) is 0 Å². The lowest BCUT2D eigenvalue weighted by Crippen LogP contribution is -2.43. The van der Waals surface area contributed by atoms with Crippen LogP contribution in [0.25, 0.3) is 0 Å². The van der Waals surface area contributed by atoms with Crippen molar-refractivity contribution < 1.29 is 9.59 Å². The summed E-state index contributed by atoms with van der Waals surface area (Å²) in [7, 11) is 0. The van der Waals surface area contributed by atoms with E-state index < -0.39 is 0 Å². The molecular weight excluding hydrogens is 130 g/mol. The van der Waals surface area contributed by atoms with E-state index in [9.17, 15) is 9.59 Å². The molecule has 1 saturated heterocycles. The number of ketones is 2. The van der Waals surface area contributed by atoms with Crippen LogP contribution in [0.2, 0.25) is 0 Å². The molecule has 0 radical (unpaired) electrons. The van der Waals surface area contributed by atoms with Gasteiger partial charge >= 0.3 is 0 Å². The Bertz CT molecular complexity index is 188. The summed E-state index contributed by atoms with van der Waals surface area (Å²) in [4.78, 5) is 22.6. The highest BCUT2D eigenvalue weighted by molar-refractivity contribution is 5.90. The van der Waals surface area contributed by atoms with Gasteiger partial charge in [0.05, 0.1) is 13.1 Å². The molecule has 3 heteroatoms. The molecule has 1 aliphatic heterocycles. The van der Waals surface area contributed by atoms with Gasteiger partial charge < -0.3 is 4.90 Å². The number of Topliss-reactive ketones (excluding diaryl/α,β-unsaturated/α-hetero) is 1. The van der Waals surface area contributed by atoms with E-state index in [2.05, 4.69) is 0 Å². The molecule has 0 amide bonds. The van der Waals surface area contributed by atoms with E-state index in [-0.39, 0.29) is 11.6 Å². The summed E-state index contributed by atoms with van der Waals surface area (Å²) >= 11 is 0. The highest BCUT2D eigenvalue weighted by Crippen LogP contribution is 2.01. The third-order valence-corrected chi connectivity index (χ3v) is 1.28. The van der Waals surface area contributed by atoms with Crippen LogP contribution in [0.3, 0.4) is 0 Å². The van der Waals surface area contributed by atoms with Crippen LogP contribution in [-0.2, 0) is 9.59 Å². The third-order valence-electron chi connectivity index (χ3n) is 1.28. The fourth-order valence-corrected chi connectivity index (χ4v) is 0.723. The molecule has 0 saturated carbocycles. The van der Waals surface area contributed by atoms with E-state index in [0.717, 1.165) is 0 Å². The summed E-state index contributed by atoms with van der Waals surface area (Å²) in [5.74, 6) is 0.243. The van der Waals surface area contributed by atoms with Crippen LogP contribution in [0.4, 0.5) is 0 Å². The molecule has 0 unspecified atom stereocenters. The number of hydrogen-bond donors (Lipinski definition) is 0. The standard InChI is InChI=1S/C7H9NO2/c1-6(9)2-3-8-4-7(10)5-8/h2-3H,4-5H2,1H3/b3-2+. The maximum atomic E-state index is 10.4. The van der Waals surface area contributed by atoms with Gasteiger partial charge in [0.15, 0.2) is 11.6 Å². The quantitative estimate of drug-likeness (QED) is 0.504. The molecule has 0 atom stereocenters. The SMILES string of the molecule is CC(=O)/C=C/N1CC(=O)C1. The minimum atomic E-state index is 0.0133. The molecule has 0 aromatic heterocycles. The Balaban J connectivity index is 2.27. The summed E-state index contributed by atoms with van der Waals surface area (Å²) in [6.45, 7) is 2.41. The van der Waals surface area contributed by atoms with Gasteiger partial charge in [0, 0.05) is 6.20 Å². The average Bonchev–Trinajstić information content (AvgIpc) is 1.77. The molecule has 1 heterocycles. The van der Waals surface area contributed by atoms with E-state index in [1.807, 2.05) is 0 Å². The molecule has 0 N–H and O–H groups in total. The van der Waals surface area contributed by atoms with E-state index in [4.69, 9.17) is 0 Å². The first-order valence-electron chi connectivity index (χ1n) is 3.13. The van der Waals surface area contributed by atoms with E-state index in [0.29, 0.717) is 13.1 Å². The normalized spacial score (nSPS) is 17.7. The Kier molecular flexibility index (Phi) is 1.85. The van der Waals surface area contributed by atoms with Crippen molar-refractivity contribution in [3.05, 3.63) is 12.3 Å². The van der Waals surface area contributed by atoms with E-state index in [1.54, 1.807) is 11.1 Å². The Hall–Kier alpha value is -1.12. The van der Waals surface area contributed by atoms with Crippen molar-refractivity contribution in [3.63, 3.8) is 0 Å². The molecule has 0 bridgehead atoms. The summed E-state index contributed by atoms with van der Waals surface area (Å²) in [5.41, 5.74) is 0. The Labute approximate surface area is 59.3 Å². The molecule has 0 spiro atoms. The molecule has 54 valence electrons. The zero-order valence-electron chi connectivity index (χ0n) is 5.83. The zero-order valence-corrected chi connectivity index (χ0v) is 5.83. The number of hydrogen-bond acceptors (Lipinski definition) is 3. The maximum absolute atomic E-state index is 10.4. The van der Waals surface area contributed by atoms with Crippen LogP contribution in [0.5, 0.6) is 0 Å². The van der Waals surface area contributed by atoms with Gasteiger partial charge in [-0.25, -0.2) is 0 Å². The van der Waals surface area contributed by atoms with Crippen molar-refractivity contribution in [2.24, 2.45) is 0 Å². The van der Waals surface area contributed by atoms with Crippen LogP contribution >= 0.6 is 0 Å². The number of likely N-dealkylation sites (tertiary alicyclic amines) is 1. The number of nitrogens with zero attached hydrogens (tertiary/aromatic N) is 1. The molecule has 3 nitrogen and oxygen atoms in total. The van der Waals surface area contributed by atoms with Gasteiger partial charge in [-0.15, -0.1) is 0 Å². The van der Waals surface area contributed by atoms with Gasteiger partial charge in [-0.05, 0) is 13.0 Å². The summed E-state index contributed by atoms with van der Waals surface area (Å²) in [5, 5.41) is 0. The molecule has 0 aliphatic carbocycles. The van der Waals surface area contributed by atoms with Crippen molar-refractivity contribution in [2.75, 3.05) is 13.1 Å². The van der Waals surface area contributed by atoms with Crippen molar-refractivity contribution in [3.8, 4) is 0 Å². The predicted molar refractivity (Wildman–Crippen MR) is 36.4 cm³/mol. The van der Waals surface area contributed by atoms with Crippen LogP contribution in [0.15, 0.2) is 12.3 Å². The van der Waals surface area contributed by atoms with Gasteiger partial charge in [0.25, 0.3) is 0 Å². The van der Waals surface area contributed by atoms with Gasteiger partial charge in [0.2, 0.25) is 0 Å². The van der Waals surface area contributed by atoms with Crippen LogP contribution in [-0.4, -0.2) is 29.6 Å². The minimum absolute atomic E-state index is 0.0133. The second kappa shape index (κ2) is 2.64. The van der Waals surface area contributed by atoms with Crippen molar-refractivity contribution in [2.45, 2.75) is 6.92 Å². The fourth-order valence-electron chi connectivity index (χ4n) is 0.723. The number of carbonyl (C=O) groups excluding carboxylic acids is 2. The van der Waals surface area contributed by atoms with Gasteiger partial charge in [-0.3, -0.25) is 9.59 Å². The fraction of sp³-hybridized carbons (Fsp3) is 0.429. The van der Waals surface area contributed by atoms with Crippen molar-refractivity contribution >= 4 is 11.6 Å². The lowest BCUT2D eigenvalue weighted by molar-refractivity contribution is -0.127. The number of allylic oxidation sites excluding steroid dienone is 1. The predicted octanol–water partition coefficient (Wildman–Crippen LogP) is -0.0262. The summed E-state index contributed by atoms with van der Waals surface area (Å²) in [6.07, 6.45) is 3.12. The molecule has 0 aromatic carbocycles. The second-order valence-corrected chi connectivity index (χ2v) is 2.37. The highest BCUT2D eigenvalue weighted by atomic mass is 16.1. The molecule has 1 aliphatic rings.